The Balaban J connectivity index is 1.96. The molecule has 2 atom stereocenters. The van der Waals surface area contributed by atoms with Crippen molar-refractivity contribution in [1.29, 1.82) is 0 Å². The highest BCUT2D eigenvalue weighted by molar-refractivity contribution is 5.26. The van der Waals surface area contributed by atoms with E-state index in [0.717, 1.165) is 6.42 Å². The summed E-state index contributed by atoms with van der Waals surface area (Å²) in [5.74, 6) is 0.654. The quantitative estimate of drug-likeness (QED) is 0.810. The highest BCUT2D eigenvalue weighted by Gasteiger charge is 2.41. The van der Waals surface area contributed by atoms with E-state index in [9.17, 15) is 5.11 Å². The Kier molecular flexibility index (Phi) is 4.08. The lowest BCUT2D eigenvalue weighted by Crippen LogP contribution is -2.52. The number of benzene rings is 1. The summed E-state index contributed by atoms with van der Waals surface area (Å²) in [5.41, 5.74) is 2.65. The first-order valence-electron chi connectivity index (χ1n) is 6.98. The standard InChI is InChI=1S/C16H25NO/c1-12-6-4-5-7-14(12)10-13(2)17-16(3,11-18)15-8-9-15/h4-7,13,15,17-18H,8-11H2,1-3H3. The van der Waals surface area contributed by atoms with Crippen LogP contribution in [-0.4, -0.2) is 23.3 Å². The second-order valence-electron chi connectivity index (χ2n) is 6.03. The maximum absolute atomic E-state index is 9.60. The number of aliphatic hydroxyl groups excluding tert-OH is 1. The second-order valence-corrected chi connectivity index (χ2v) is 6.03. The van der Waals surface area contributed by atoms with Gasteiger partial charge in [-0.05, 0) is 57.1 Å². The van der Waals surface area contributed by atoms with E-state index in [2.05, 4.69) is 50.4 Å². The van der Waals surface area contributed by atoms with Crippen molar-refractivity contribution in [2.24, 2.45) is 5.92 Å². The smallest absolute Gasteiger partial charge is 0.0613 e. The zero-order valence-corrected chi connectivity index (χ0v) is 11.7. The normalized spacial score (nSPS) is 20.4. The molecule has 0 heterocycles. The van der Waals surface area contributed by atoms with Gasteiger partial charge in [-0.15, -0.1) is 0 Å². The molecule has 0 radical (unpaired) electrons. The average molecular weight is 247 g/mol. The predicted octanol–water partition coefficient (Wildman–Crippen LogP) is 2.68. The predicted molar refractivity (Wildman–Crippen MR) is 75.7 cm³/mol. The third-order valence-corrected chi connectivity index (χ3v) is 4.17. The third kappa shape index (κ3) is 3.12. The fourth-order valence-corrected chi connectivity index (χ4v) is 2.80. The van der Waals surface area contributed by atoms with E-state index in [-0.39, 0.29) is 12.1 Å². The van der Waals surface area contributed by atoms with Crippen LogP contribution in [0.1, 0.15) is 37.8 Å². The molecule has 1 fully saturated rings. The van der Waals surface area contributed by atoms with Gasteiger partial charge in [-0.2, -0.15) is 0 Å². The number of aliphatic hydroxyl groups is 1. The number of hydrogen-bond donors (Lipinski definition) is 2. The Hall–Kier alpha value is -0.860. The van der Waals surface area contributed by atoms with Crippen LogP contribution in [0, 0.1) is 12.8 Å². The molecule has 0 amide bonds. The summed E-state index contributed by atoms with van der Waals surface area (Å²) in [6, 6.07) is 8.93. The number of aryl methyl sites for hydroxylation is 1. The summed E-state index contributed by atoms with van der Waals surface area (Å²) in [6.45, 7) is 6.76. The van der Waals surface area contributed by atoms with Gasteiger partial charge < -0.3 is 10.4 Å². The first-order valence-corrected chi connectivity index (χ1v) is 6.98. The number of rotatable bonds is 6. The van der Waals surface area contributed by atoms with Crippen molar-refractivity contribution in [2.75, 3.05) is 6.61 Å². The van der Waals surface area contributed by atoms with E-state index in [1.165, 1.54) is 24.0 Å². The fourth-order valence-electron chi connectivity index (χ4n) is 2.80. The van der Waals surface area contributed by atoms with Gasteiger partial charge in [-0.1, -0.05) is 24.3 Å². The zero-order chi connectivity index (χ0) is 13.2. The Bertz CT molecular complexity index is 400. The van der Waals surface area contributed by atoms with E-state index in [1.807, 2.05) is 0 Å². The maximum Gasteiger partial charge on any atom is 0.0613 e. The maximum atomic E-state index is 9.60. The first-order chi connectivity index (χ1) is 8.55. The van der Waals surface area contributed by atoms with Gasteiger partial charge in [-0.25, -0.2) is 0 Å². The molecule has 0 spiro atoms. The monoisotopic (exact) mass is 247 g/mol. The number of nitrogens with one attached hydrogen (secondary N) is 1. The molecule has 1 aromatic rings. The topological polar surface area (TPSA) is 32.3 Å². The van der Waals surface area contributed by atoms with Crippen molar-refractivity contribution in [3.8, 4) is 0 Å². The third-order valence-electron chi connectivity index (χ3n) is 4.17. The molecule has 2 heteroatoms. The lowest BCUT2D eigenvalue weighted by molar-refractivity contribution is 0.143. The van der Waals surface area contributed by atoms with Gasteiger partial charge in [0.05, 0.1) is 6.61 Å². The second kappa shape index (κ2) is 5.41. The van der Waals surface area contributed by atoms with Crippen molar-refractivity contribution in [1.82, 2.24) is 5.32 Å². The molecular formula is C16H25NO. The Morgan fingerprint density at radius 3 is 2.61 bits per heavy atom. The summed E-state index contributed by atoms with van der Waals surface area (Å²) in [5, 5.41) is 13.2. The van der Waals surface area contributed by atoms with Gasteiger partial charge in [0.1, 0.15) is 0 Å². The first kappa shape index (κ1) is 13.6. The number of hydrogen-bond acceptors (Lipinski definition) is 2. The van der Waals surface area contributed by atoms with Crippen molar-refractivity contribution in [2.45, 2.75) is 51.6 Å². The fraction of sp³-hybridized carbons (Fsp3) is 0.625. The van der Waals surface area contributed by atoms with Gasteiger partial charge in [0, 0.05) is 11.6 Å². The van der Waals surface area contributed by atoms with Crippen LogP contribution in [0.25, 0.3) is 0 Å². The summed E-state index contributed by atoms with van der Waals surface area (Å²) in [4.78, 5) is 0. The molecular weight excluding hydrogens is 222 g/mol. The van der Waals surface area contributed by atoms with Crippen LogP contribution in [0.3, 0.4) is 0 Å². The van der Waals surface area contributed by atoms with E-state index >= 15 is 0 Å². The molecule has 2 N–H and O–H groups in total. The molecule has 0 bridgehead atoms. The van der Waals surface area contributed by atoms with Crippen molar-refractivity contribution in [3.63, 3.8) is 0 Å². The van der Waals surface area contributed by atoms with E-state index in [4.69, 9.17) is 0 Å². The van der Waals surface area contributed by atoms with E-state index < -0.39 is 0 Å². The minimum atomic E-state index is -0.0951. The lowest BCUT2D eigenvalue weighted by atomic mass is 9.94. The van der Waals surface area contributed by atoms with Crippen LogP contribution in [0.2, 0.25) is 0 Å². The minimum absolute atomic E-state index is 0.0951. The van der Waals surface area contributed by atoms with Crippen LogP contribution in [0.15, 0.2) is 24.3 Å². The minimum Gasteiger partial charge on any atom is -0.394 e. The van der Waals surface area contributed by atoms with Crippen LogP contribution in [0.4, 0.5) is 0 Å². The van der Waals surface area contributed by atoms with Gasteiger partial charge in [0.2, 0.25) is 0 Å². The van der Waals surface area contributed by atoms with Crippen LogP contribution < -0.4 is 5.32 Å². The molecule has 1 aliphatic rings. The molecule has 0 aliphatic heterocycles. The molecule has 1 aliphatic carbocycles. The van der Waals surface area contributed by atoms with E-state index in [1.54, 1.807) is 0 Å². The van der Waals surface area contributed by atoms with Crippen LogP contribution in [-0.2, 0) is 6.42 Å². The Labute approximate surface area is 110 Å². The largest absolute Gasteiger partial charge is 0.394 e. The molecule has 2 nitrogen and oxygen atoms in total. The Morgan fingerprint density at radius 1 is 1.39 bits per heavy atom. The molecule has 1 aromatic carbocycles. The van der Waals surface area contributed by atoms with Gasteiger partial charge in [0.15, 0.2) is 0 Å². The molecule has 1 saturated carbocycles. The summed E-state index contributed by atoms with van der Waals surface area (Å²) in [7, 11) is 0. The zero-order valence-electron chi connectivity index (χ0n) is 11.7. The van der Waals surface area contributed by atoms with Crippen molar-refractivity contribution >= 4 is 0 Å². The van der Waals surface area contributed by atoms with Crippen LogP contribution >= 0.6 is 0 Å². The molecule has 0 saturated heterocycles. The molecule has 0 aromatic heterocycles. The van der Waals surface area contributed by atoms with E-state index in [0.29, 0.717) is 12.0 Å². The van der Waals surface area contributed by atoms with Crippen molar-refractivity contribution < 1.29 is 5.11 Å². The average Bonchev–Trinajstić information content (AvgIpc) is 3.16. The van der Waals surface area contributed by atoms with Crippen LogP contribution in [0.5, 0.6) is 0 Å². The van der Waals surface area contributed by atoms with Gasteiger partial charge >= 0.3 is 0 Å². The lowest BCUT2D eigenvalue weighted by Gasteiger charge is -2.33. The van der Waals surface area contributed by atoms with Crippen molar-refractivity contribution in [3.05, 3.63) is 35.4 Å². The summed E-state index contributed by atoms with van der Waals surface area (Å²) in [6.07, 6.45) is 3.53. The molecule has 2 unspecified atom stereocenters. The summed E-state index contributed by atoms with van der Waals surface area (Å²) >= 11 is 0. The highest BCUT2D eigenvalue weighted by atomic mass is 16.3. The molecule has 100 valence electrons. The molecule has 2 rings (SSSR count). The summed E-state index contributed by atoms with van der Waals surface area (Å²) < 4.78 is 0. The van der Waals surface area contributed by atoms with Gasteiger partial charge in [0.25, 0.3) is 0 Å². The molecule has 18 heavy (non-hydrogen) atoms. The Morgan fingerprint density at radius 2 is 2.06 bits per heavy atom. The van der Waals surface area contributed by atoms with Gasteiger partial charge in [-0.3, -0.25) is 0 Å². The SMILES string of the molecule is Cc1ccccc1CC(C)NC(C)(CO)C1CC1. The highest BCUT2D eigenvalue weighted by Crippen LogP contribution is 2.39.